The van der Waals surface area contributed by atoms with E-state index in [0.29, 0.717) is 24.7 Å². The Hall–Kier alpha value is -1.67. The van der Waals surface area contributed by atoms with E-state index in [0.717, 1.165) is 37.0 Å². The molecule has 2 bridgehead atoms. The van der Waals surface area contributed by atoms with Gasteiger partial charge in [0.15, 0.2) is 11.9 Å². The Morgan fingerprint density at radius 3 is 2.62 bits per heavy atom. The van der Waals surface area contributed by atoms with Gasteiger partial charge < -0.3 is 18.9 Å². The number of ether oxygens (including phenoxy) is 4. The predicted octanol–water partition coefficient (Wildman–Crippen LogP) is 4.38. The highest BCUT2D eigenvalue weighted by atomic mass is 17.3. The van der Waals surface area contributed by atoms with Crippen molar-refractivity contribution < 1.29 is 33.5 Å². The minimum atomic E-state index is -0.788. The van der Waals surface area contributed by atoms with Crippen molar-refractivity contribution in [3.05, 3.63) is 29.8 Å². The lowest BCUT2D eigenvalue weighted by Crippen LogP contribution is -2.70. The average Bonchev–Trinajstić information content (AvgIpc) is 3.02. The fraction of sp³-hybridized carbons (Fsp3) is 0.720. The number of hydrogen-bond acceptors (Lipinski definition) is 7. The van der Waals surface area contributed by atoms with Crippen LogP contribution in [0.4, 0.5) is 0 Å². The number of aryl methyl sites for hydroxylation is 1. The van der Waals surface area contributed by atoms with Gasteiger partial charge in [-0.3, -0.25) is 4.79 Å². The van der Waals surface area contributed by atoms with Crippen molar-refractivity contribution in [3.63, 3.8) is 0 Å². The molecule has 32 heavy (non-hydrogen) atoms. The van der Waals surface area contributed by atoms with Crippen LogP contribution in [0, 0.1) is 23.7 Å². The van der Waals surface area contributed by atoms with E-state index in [4.69, 9.17) is 28.7 Å². The first-order valence-corrected chi connectivity index (χ1v) is 11.9. The van der Waals surface area contributed by atoms with E-state index in [9.17, 15) is 4.79 Å². The monoisotopic (exact) mass is 446 g/mol. The summed E-state index contributed by atoms with van der Waals surface area (Å²) >= 11 is 0. The van der Waals surface area contributed by atoms with E-state index >= 15 is 0 Å². The van der Waals surface area contributed by atoms with Crippen molar-refractivity contribution in [2.45, 2.75) is 83.3 Å². The fourth-order valence-corrected chi connectivity index (χ4v) is 6.22. The molecule has 5 fully saturated rings. The topological polar surface area (TPSA) is 72.5 Å². The van der Waals surface area contributed by atoms with E-state index < -0.39 is 24.0 Å². The van der Waals surface area contributed by atoms with Crippen LogP contribution < -0.4 is 4.74 Å². The molecule has 6 rings (SSSR count). The third-order valence-corrected chi connectivity index (χ3v) is 8.12. The number of esters is 1. The lowest BCUT2D eigenvalue weighted by molar-refractivity contribution is -0.575. The van der Waals surface area contributed by atoms with Crippen LogP contribution in [0.3, 0.4) is 0 Å². The maximum Gasteiger partial charge on any atom is 0.305 e. The van der Waals surface area contributed by atoms with Gasteiger partial charge in [0.05, 0.1) is 7.11 Å². The molecule has 1 aromatic carbocycles. The second kappa shape index (κ2) is 8.28. The Bertz CT molecular complexity index is 841. The van der Waals surface area contributed by atoms with Gasteiger partial charge in [0, 0.05) is 24.7 Å². The summed E-state index contributed by atoms with van der Waals surface area (Å²) in [5, 5.41) is 0. The number of rotatable bonds is 5. The summed E-state index contributed by atoms with van der Waals surface area (Å²) in [6, 6.07) is 7.82. The number of fused-ring (bicyclic) bond motifs is 2. The summed E-state index contributed by atoms with van der Waals surface area (Å²) < 4.78 is 23.9. The van der Waals surface area contributed by atoms with E-state index in [1.807, 2.05) is 31.2 Å². The maximum absolute atomic E-state index is 11.4. The van der Waals surface area contributed by atoms with Gasteiger partial charge in [-0.1, -0.05) is 26.0 Å². The second-order valence-electron chi connectivity index (χ2n) is 10.1. The molecule has 5 aliphatic rings. The smallest absolute Gasteiger partial charge is 0.305 e. The number of carbonyl (C=O) groups is 1. The van der Waals surface area contributed by atoms with Crippen LogP contribution in [-0.2, 0) is 35.2 Å². The van der Waals surface area contributed by atoms with Crippen molar-refractivity contribution in [3.8, 4) is 5.75 Å². The molecular formula is C25H34O7. The average molecular weight is 447 g/mol. The molecule has 0 radical (unpaired) electrons. The first kappa shape index (κ1) is 22.1. The SMILES string of the molecule is COC(=O)CCc1ccc(O[C@H]2O[C@@H]3O[C@]4(C)CC[C@H]5[C@H](C)CC[C@@H]([C@H]2C)[C@@]35OO4)cc1. The molecule has 8 atom stereocenters. The highest BCUT2D eigenvalue weighted by Gasteiger charge is 2.69. The normalized spacial score (nSPS) is 42.6. The van der Waals surface area contributed by atoms with Gasteiger partial charge in [0.1, 0.15) is 5.75 Å². The van der Waals surface area contributed by atoms with Crippen LogP contribution in [0.2, 0.25) is 0 Å². The highest BCUT2D eigenvalue weighted by Crippen LogP contribution is 2.60. The van der Waals surface area contributed by atoms with E-state index in [1.54, 1.807) is 0 Å². The molecule has 4 saturated heterocycles. The molecule has 176 valence electrons. The van der Waals surface area contributed by atoms with Crippen molar-refractivity contribution in [1.82, 2.24) is 0 Å². The summed E-state index contributed by atoms with van der Waals surface area (Å²) in [4.78, 5) is 23.4. The first-order chi connectivity index (χ1) is 15.3. The minimum Gasteiger partial charge on any atom is -0.469 e. The van der Waals surface area contributed by atoms with Crippen LogP contribution in [0.15, 0.2) is 24.3 Å². The molecule has 0 amide bonds. The first-order valence-electron chi connectivity index (χ1n) is 11.9. The molecule has 0 N–H and O–H groups in total. The van der Waals surface area contributed by atoms with Crippen LogP contribution in [0.1, 0.15) is 58.4 Å². The zero-order valence-corrected chi connectivity index (χ0v) is 19.4. The molecule has 1 spiro atoms. The molecule has 4 aliphatic heterocycles. The third-order valence-electron chi connectivity index (χ3n) is 8.12. The molecule has 4 heterocycles. The number of benzene rings is 1. The molecule has 1 saturated carbocycles. The zero-order chi connectivity index (χ0) is 22.5. The Morgan fingerprint density at radius 2 is 1.88 bits per heavy atom. The van der Waals surface area contributed by atoms with Crippen LogP contribution >= 0.6 is 0 Å². The number of methoxy groups -OCH3 is 1. The summed E-state index contributed by atoms with van der Waals surface area (Å²) in [5.41, 5.74) is 0.483. The number of hydrogen-bond donors (Lipinski definition) is 0. The maximum atomic E-state index is 11.4. The summed E-state index contributed by atoms with van der Waals surface area (Å²) in [5.74, 6) is 0.970. The molecule has 7 heteroatoms. The fourth-order valence-electron chi connectivity index (χ4n) is 6.22. The van der Waals surface area contributed by atoms with Crippen molar-refractivity contribution in [1.29, 1.82) is 0 Å². The lowest BCUT2D eigenvalue weighted by atomic mass is 9.58. The summed E-state index contributed by atoms with van der Waals surface area (Å²) in [7, 11) is 1.41. The largest absolute Gasteiger partial charge is 0.469 e. The number of carbonyl (C=O) groups excluding carboxylic acids is 1. The van der Waals surface area contributed by atoms with E-state index in [1.165, 1.54) is 7.11 Å². The summed E-state index contributed by atoms with van der Waals surface area (Å²) in [6.45, 7) is 6.42. The Morgan fingerprint density at radius 1 is 1.09 bits per heavy atom. The molecule has 1 aliphatic carbocycles. The van der Waals surface area contributed by atoms with Gasteiger partial charge >= 0.3 is 5.97 Å². The molecule has 1 aromatic rings. The summed E-state index contributed by atoms with van der Waals surface area (Å²) in [6.07, 6.45) is 4.06. The predicted molar refractivity (Wildman–Crippen MR) is 114 cm³/mol. The van der Waals surface area contributed by atoms with Crippen molar-refractivity contribution >= 4 is 5.97 Å². The molecular weight excluding hydrogens is 412 g/mol. The molecule has 0 unspecified atom stereocenters. The van der Waals surface area contributed by atoms with E-state index in [2.05, 4.69) is 13.8 Å². The van der Waals surface area contributed by atoms with Gasteiger partial charge in [-0.15, -0.1) is 0 Å². The van der Waals surface area contributed by atoms with Crippen LogP contribution in [-0.4, -0.2) is 37.0 Å². The van der Waals surface area contributed by atoms with Gasteiger partial charge in [-0.05, 0) is 62.1 Å². The van der Waals surface area contributed by atoms with Gasteiger partial charge in [0.2, 0.25) is 12.1 Å². The highest BCUT2D eigenvalue weighted by molar-refractivity contribution is 5.69. The standard InChI is InChI=1S/C25H34O7/c1-15-5-11-20-16(2)22(28-18-9-6-17(7-10-18)8-12-21(26)27-4)29-23-25(20)19(15)13-14-24(3,30-23)31-32-25/h6-7,9-10,15-16,19-20,22-23H,5,8,11-14H2,1-4H3/t15-,16-,19+,20+,22+,23-,24+,25-/m1/s1. The lowest BCUT2D eigenvalue weighted by Gasteiger charge is -2.60. The second-order valence-corrected chi connectivity index (χ2v) is 10.1. The molecule has 7 nitrogen and oxygen atoms in total. The van der Waals surface area contributed by atoms with Crippen LogP contribution in [0.5, 0.6) is 5.75 Å². The van der Waals surface area contributed by atoms with Crippen LogP contribution in [0.25, 0.3) is 0 Å². The molecule has 0 aromatic heterocycles. The minimum absolute atomic E-state index is 0.120. The van der Waals surface area contributed by atoms with Crippen molar-refractivity contribution in [2.75, 3.05) is 7.11 Å². The van der Waals surface area contributed by atoms with Crippen molar-refractivity contribution in [2.24, 2.45) is 23.7 Å². The zero-order valence-electron chi connectivity index (χ0n) is 19.4. The van der Waals surface area contributed by atoms with Gasteiger partial charge in [-0.2, -0.15) is 0 Å². The third kappa shape index (κ3) is 3.63. The Balaban J connectivity index is 1.34. The van der Waals surface area contributed by atoms with Gasteiger partial charge in [0.25, 0.3) is 0 Å². The Labute approximate surface area is 189 Å². The van der Waals surface area contributed by atoms with E-state index in [-0.39, 0.29) is 17.8 Å². The quantitative estimate of drug-likeness (QED) is 0.491. The van der Waals surface area contributed by atoms with Gasteiger partial charge in [-0.25, -0.2) is 9.78 Å². The Kier molecular flexibility index (Phi) is 5.73.